The van der Waals surface area contributed by atoms with Gasteiger partial charge in [0.15, 0.2) is 40.3 Å². The SMILES string of the molecule is C/C=C/C[C@@H](C)[C@@H](OCOCC(=O)[C@@]1(O)[C@H](C)C[C@H]2[C@@H]3CCC4=CC(=O)C=C[C@]4(C)[C@@]3(F)[C@@H](O)C[C@@]21C)C1C(=O)NC(CC)C(=O)N(C)CC(=O)N(C)[C@@H](CC(C)C)C(=O)NC(C(C)C)C(=O)N(C)C(CC(C)C)C(=O)CC(C)C(=O)NC(C)C(=O)N(C)C(CC(C)C)C(=O)N(C)C(CC(C)C)C(=O)N(C)C(C(C)C)C(=O)N1C.C[C@@H]1C[C@H]2[C@@H]3CCC4=CC(=O)C=C[C@]4(C)[C@@]3(F)[C@@H](O)C[C@]2(C)[C@@]1(O)C(=O)CO. The quantitative estimate of drug-likeness (QED) is 0.0268. The average molecular weight is 2000 g/mol. The Morgan fingerprint density at radius 3 is 1.40 bits per heavy atom. The van der Waals surface area contributed by atoms with Crippen molar-refractivity contribution in [1.29, 1.82) is 0 Å². The van der Waals surface area contributed by atoms with Gasteiger partial charge in [0, 0.05) is 95.2 Å². The van der Waals surface area contributed by atoms with E-state index < -0.39 is 273 Å². The van der Waals surface area contributed by atoms with E-state index >= 15 is 28.0 Å². The van der Waals surface area contributed by atoms with Crippen LogP contribution >= 0.6 is 0 Å². The molecule has 6 saturated carbocycles. The molecule has 0 bridgehead atoms. The molecule has 9 aliphatic rings. The largest absolute Gasteiger partial charge is 0.390 e. The van der Waals surface area contributed by atoms with Gasteiger partial charge < -0.3 is 85.3 Å². The van der Waals surface area contributed by atoms with Crippen molar-refractivity contribution >= 4 is 88.0 Å². The summed E-state index contributed by atoms with van der Waals surface area (Å²) in [4.78, 5) is 226. The molecular formula is C108H170F2N10O22. The number of ketones is 5. The molecule has 8 N–H and O–H groups in total. The standard InChI is InChI=1S/C86H141FN10O17.C22H29FO5/c1-28-30-31-53(15)73(114-46-113-45-68(101)86(112)55(17)41-60-59-33-32-57-42-58(98)34-35-83(57,19)85(59,87)67(100)43-84(60,86)20)72-76(105)89-61(29-2)78(107)91(21)44-69(102)92(22)63(37-48(5)6)75(104)90-70(51(11)12)81(110)93(23)62(36-47(3)4)66(99)40-54(16)74(103)88-56(18)77(106)94(24)64(38-49(7)8)79(108)95(25)65(39-50(9)10)80(109)96(26)71(52(13)14)82(111)97(72)27;1-12-8-16-15-5-4-13-9-14(25)6-7-19(13,2)21(15,23)17(26)10-20(16,3)22(12,28)18(27)11-24/h28,30,34-35,42,47-56,59-65,67,70-73,100,112H,29,31-33,36-41,43-46H2,1-27H3,(H,88,103)(H,89,105)(H,90,104);6-7,9,12,15-17,24,26,28H,4-5,8,10-11H2,1-3H3/b30-28+;/t53-,54?,55-,56?,59+,60+,61?,62?,63+,64?,65?,67+,70?,71?,72?,73-,83+,84+,85+,86+;12-,15+,16+,17+,19+,20+,21+,22+/m11/s1. The summed E-state index contributed by atoms with van der Waals surface area (Å²) in [5, 5.41) is 65.6. The number of halogens is 2. The van der Waals surface area contributed by atoms with Crippen molar-refractivity contribution in [3.8, 4) is 0 Å². The van der Waals surface area contributed by atoms with E-state index in [2.05, 4.69) is 16.0 Å². The fourth-order valence-corrected chi connectivity index (χ4v) is 25.9. The van der Waals surface area contributed by atoms with Crippen LogP contribution in [-0.2, 0) is 81.4 Å². The molecule has 0 aromatic heterocycles. The van der Waals surface area contributed by atoms with Gasteiger partial charge in [-0.2, -0.15) is 0 Å². The topological polar surface area (TPSA) is 434 Å². The van der Waals surface area contributed by atoms with Crippen LogP contribution in [0.1, 0.15) is 256 Å². The maximum atomic E-state index is 18.2. The van der Waals surface area contributed by atoms with Crippen molar-refractivity contribution in [2.24, 2.45) is 105 Å². The van der Waals surface area contributed by atoms with Gasteiger partial charge in [0.1, 0.15) is 79.5 Å². The van der Waals surface area contributed by atoms with Gasteiger partial charge in [-0.15, -0.1) is 0 Å². The Bertz CT molecular complexity index is 4840. The Morgan fingerprint density at radius 1 is 0.521 bits per heavy atom. The summed E-state index contributed by atoms with van der Waals surface area (Å²) in [6.07, 6.45) is 10.2. The molecule has 28 atom stereocenters. The van der Waals surface area contributed by atoms with Crippen molar-refractivity contribution in [3.05, 3.63) is 59.8 Å². The highest BCUT2D eigenvalue weighted by Gasteiger charge is 2.78. The number of nitrogens with one attached hydrogen (secondary N) is 3. The van der Waals surface area contributed by atoms with Gasteiger partial charge in [-0.25, -0.2) is 8.78 Å². The van der Waals surface area contributed by atoms with E-state index in [0.717, 1.165) is 9.80 Å². The molecule has 0 spiro atoms. The van der Waals surface area contributed by atoms with E-state index in [-0.39, 0.29) is 112 Å². The maximum absolute atomic E-state index is 18.2. The van der Waals surface area contributed by atoms with E-state index in [0.29, 0.717) is 36.8 Å². The summed E-state index contributed by atoms with van der Waals surface area (Å²) in [5.74, 6) is -16.5. The Morgan fingerprint density at radius 2 is 0.958 bits per heavy atom. The third-order valence-electron chi connectivity index (χ3n) is 34.3. The van der Waals surface area contributed by atoms with Crippen LogP contribution in [0.25, 0.3) is 0 Å². The van der Waals surface area contributed by atoms with E-state index in [1.54, 1.807) is 102 Å². The average Bonchev–Trinajstić information content (AvgIpc) is 1.43. The van der Waals surface area contributed by atoms with Crippen molar-refractivity contribution < 1.29 is 116 Å². The highest BCUT2D eigenvalue weighted by Crippen LogP contribution is 2.73. The second kappa shape index (κ2) is 46.6. The lowest BCUT2D eigenvalue weighted by Crippen LogP contribution is -2.69. The predicted molar refractivity (Wildman–Crippen MR) is 532 cm³/mol. The summed E-state index contributed by atoms with van der Waals surface area (Å²) in [5.41, 5.74) is -11.7. The van der Waals surface area contributed by atoms with E-state index in [9.17, 15) is 78.3 Å². The number of carbonyl (C=O) groups excluding carboxylic acids is 15. The van der Waals surface area contributed by atoms with Gasteiger partial charge in [-0.1, -0.05) is 167 Å². The number of carbonyl (C=O) groups is 15. The minimum atomic E-state index is -2.23. The molecule has 0 radical (unpaired) electrons. The second-order valence-corrected chi connectivity index (χ2v) is 46.4. The molecule has 0 aromatic rings. The number of fused-ring (bicyclic) bond motifs is 10. The highest BCUT2D eigenvalue weighted by molar-refractivity contribution is 6.03. The van der Waals surface area contributed by atoms with Gasteiger partial charge in [-0.3, -0.25) is 71.9 Å². The smallest absolute Gasteiger partial charge is 0.246 e. The monoisotopic (exact) mass is 2000 g/mol. The van der Waals surface area contributed by atoms with Crippen LogP contribution in [0.4, 0.5) is 8.78 Å². The molecule has 0 aromatic carbocycles. The van der Waals surface area contributed by atoms with Gasteiger partial charge in [0.25, 0.3) is 0 Å². The number of hydrogen-bond donors (Lipinski definition) is 8. The molecule has 142 heavy (non-hydrogen) atoms. The molecule has 1 saturated heterocycles. The molecule has 7 fully saturated rings. The zero-order valence-corrected chi connectivity index (χ0v) is 90.1. The van der Waals surface area contributed by atoms with Crippen molar-refractivity contribution in [2.75, 3.05) is 75.9 Å². The van der Waals surface area contributed by atoms with Gasteiger partial charge in [0.05, 0.1) is 30.9 Å². The second-order valence-electron chi connectivity index (χ2n) is 46.4. The van der Waals surface area contributed by atoms with Gasteiger partial charge in [0.2, 0.25) is 59.1 Å². The fraction of sp³-hybridized carbons (Fsp3) is 0.769. The first kappa shape index (κ1) is 119. The molecule has 1 aliphatic heterocycles. The first-order valence-electron chi connectivity index (χ1n) is 51.6. The zero-order valence-electron chi connectivity index (χ0n) is 90.1. The molecule has 34 heteroatoms. The summed E-state index contributed by atoms with van der Waals surface area (Å²) in [6.45, 7) is 37.4. The van der Waals surface area contributed by atoms with Crippen LogP contribution in [0.5, 0.6) is 0 Å². The van der Waals surface area contributed by atoms with Crippen LogP contribution in [0.3, 0.4) is 0 Å². The van der Waals surface area contributed by atoms with Gasteiger partial charge in [-0.05, 0) is 207 Å². The summed E-state index contributed by atoms with van der Waals surface area (Å²) < 4.78 is 47.8. The number of allylic oxidation sites excluding steroid dienone is 10. The highest BCUT2D eigenvalue weighted by atomic mass is 19.1. The number of Topliss-reactive ketones (excluding diaryl/α,β-unsaturated/α-hetero) is 3. The minimum absolute atomic E-state index is 0.0676. The van der Waals surface area contributed by atoms with Crippen molar-refractivity contribution in [3.63, 3.8) is 0 Å². The van der Waals surface area contributed by atoms with Crippen LogP contribution in [-0.4, -0.2) is 319 Å². The van der Waals surface area contributed by atoms with Crippen LogP contribution in [0, 0.1) is 105 Å². The minimum Gasteiger partial charge on any atom is -0.390 e. The number of likely N-dealkylation sites (N-methyl/N-ethyl adjacent to an activating group) is 7. The normalized spacial score (nSPS) is 37.1. The molecule has 1 heterocycles. The molecule has 9 rings (SSSR count). The molecule has 32 nitrogen and oxygen atoms in total. The summed E-state index contributed by atoms with van der Waals surface area (Å²) in [7, 11) is 9.89. The first-order chi connectivity index (χ1) is 65.8. The van der Waals surface area contributed by atoms with Crippen LogP contribution < -0.4 is 16.0 Å². The molecule has 10 amide bonds. The molecule has 798 valence electrons. The molecular weight excluding hydrogens is 1830 g/mol. The lowest BCUT2D eigenvalue weighted by molar-refractivity contribution is -0.221. The molecule has 9 unspecified atom stereocenters. The fourth-order valence-electron chi connectivity index (χ4n) is 25.9. The Kier molecular flexibility index (Phi) is 38.9. The van der Waals surface area contributed by atoms with E-state index in [4.69, 9.17) is 9.47 Å². The van der Waals surface area contributed by atoms with Crippen molar-refractivity contribution in [2.45, 2.75) is 351 Å². The lowest BCUT2D eigenvalue weighted by atomic mass is 9.44. The Hall–Kier alpha value is -8.67. The number of aliphatic hydroxyl groups is 5. The zero-order chi connectivity index (χ0) is 107. The van der Waals surface area contributed by atoms with Crippen molar-refractivity contribution in [1.82, 2.24) is 50.2 Å². The number of rotatable bonds is 23. The lowest BCUT2D eigenvalue weighted by Gasteiger charge is -2.62. The predicted octanol–water partition coefficient (Wildman–Crippen LogP) is 9.17. The number of nitrogens with zero attached hydrogens (tertiary/aromatic N) is 7. The number of aliphatic hydroxyl groups excluding tert-OH is 3. The van der Waals surface area contributed by atoms with Gasteiger partial charge >= 0.3 is 0 Å². The number of ether oxygens (including phenoxy) is 2. The number of alkyl halides is 2. The van der Waals surface area contributed by atoms with E-state index in [1.165, 1.54) is 118 Å². The Balaban J connectivity index is 0.000000743. The number of amides is 10. The summed E-state index contributed by atoms with van der Waals surface area (Å²) >= 11 is 0. The third-order valence-corrected chi connectivity index (χ3v) is 34.3. The molecule has 8 aliphatic carbocycles. The third kappa shape index (κ3) is 22.6. The summed E-state index contributed by atoms with van der Waals surface area (Å²) in [6, 6.07) is -11.6. The van der Waals surface area contributed by atoms with E-state index in [1.807, 2.05) is 61.5 Å². The Labute approximate surface area is 840 Å². The number of hydrogen-bond acceptors (Lipinski definition) is 22. The van der Waals surface area contributed by atoms with Crippen LogP contribution in [0.2, 0.25) is 0 Å². The maximum Gasteiger partial charge on any atom is 0.246 e. The van der Waals surface area contributed by atoms with Crippen LogP contribution in [0.15, 0.2) is 59.8 Å². The first-order valence-corrected chi connectivity index (χ1v) is 51.6.